The molecule has 34 heavy (non-hydrogen) atoms. The minimum absolute atomic E-state index is 0.0181. The Morgan fingerprint density at radius 1 is 1.09 bits per heavy atom. The van der Waals surface area contributed by atoms with Crippen molar-refractivity contribution in [2.75, 3.05) is 22.5 Å². The SMILES string of the molecule is CCCCn1c(N)c(N(CC(=O)Nc2cccc(C(C)=O)c2)Cc2ccccc2)c(=O)[nH]c1=O. The molecular formula is C25H29N5O4. The molecule has 3 rings (SSSR count). The minimum atomic E-state index is -0.655. The number of hydrogen-bond donors (Lipinski definition) is 3. The number of ketones is 1. The van der Waals surface area contributed by atoms with E-state index >= 15 is 0 Å². The molecule has 178 valence electrons. The smallest absolute Gasteiger partial charge is 0.330 e. The van der Waals surface area contributed by atoms with E-state index in [0.29, 0.717) is 24.2 Å². The third-order valence-corrected chi connectivity index (χ3v) is 5.37. The quantitative estimate of drug-likeness (QED) is 0.396. The number of H-pyrrole nitrogens is 1. The summed E-state index contributed by atoms with van der Waals surface area (Å²) in [6.07, 6.45) is 1.55. The normalized spacial score (nSPS) is 10.6. The van der Waals surface area contributed by atoms with Crippen LogP contribution in [0.25, 0.3) is 0 Å². The average Bonchev–Trinajstić information content (AvgIpc) is 2.79. The van der Waals surface area contributed by atoms with Gasteiger partial charge < -0.3 is 16.0 Å². The first-order valence-corrected chi connectivity index (χ1v) is 11.1. The van der Waals surface area contributed by atoms with Crippen molar-refractivity contribution in [2.24, 2.45) is 0 Å². The molecule has 0 bridgehead atoms. The van der Waals surface area contributed by atoms with Gasteiger partial charge in [-0.15, -0.1) is 0 Å². The fraction of sp³-hybridized carbons (Fsp3) is 0.280. The van der Waals surface area contributed by atoms with Gasteiger partial charge in [0.25, 0.3) is 5.56 Å². The van der Waals surface area contributed by atoms with Crippen LogP contribution in [0.15, 0.2) is 64.2 Å². The van der Waals surface area contributed by atoms with Crippen molar-refractivity contribution in [2.45, 2.75) is 39.8 Å². The summed E-state index contributed by atoms with van der Waals surface area (Å²) in [4.78, 5) is 53.7. The summed E-state index contributed by atoms with van der Waals surface area (Å²) < 4.78 is 1.33. The molecule has 1 aromatic heterocycles. The highest BCUT2D eigenvalue weighted by atomic mass is 16.2. The number of aromatic nitrogens is 2. The Morgan fingerprint density at radius 3 is 2.50 bits per heavy atom. The van der Waals surface area contributed by atoms with Crippen LogP contribution in [0.2, 0.25) is 0 Å². The Morgan fingerprint density at radius 2 is 1.82 bits per heavy atom. The van der Waals surface area contributed by atoms with Gasteiger partial charge in [-0.05, 0) is 31.0 Å². The summed E-state index contributed by atoms with van der Waals surface area (Å²) in [5.41, 5.74) is 6.92. The van der Waals surface area contributed by atoms with Crippen LogP contribution in [0.4, 0.5) is 17.2 Å². The number of nitrogens with one attached hydrogen (secondary N) is 2. The van der Waals surface area contributed by atoms with E-state index in [9.17, 15) is 19.2 Å². The predicted octanol–water partition coefficient (Wildman–Crippen LogP) is 2.77. The summed E-state index contributed by atoms with van der Waals surface area (Å²) in [5, 5.41) is 2.77. The first-order valence-electron chi connectivity index (χ1n) is 11.1. The number of aromatic amines is 1. The number of carbonyl (C=O) groups excluding carboxylic acids is 2. The number of rotatable bonds is 10. The lowest BCUT2D eigenvalue weighted by Crippen LogP contribution is -2.41. The molecule has 3 aromatic rings. The van der Waals surface area contributed by atoms with E-state index in [1.165, 1.54) is 11.5 Å². The highest BCUT2D eigenvalue weighted by Gasteiger charge is 2.21. The van der Waals surface area contributed by atoms with Crippen molar-refractivity contribution in [3.8, 4) is 0 Å². The largest absolute Gasteiger partial charge is 0.383 e. The van der Waals surface area contributed by atoms with Crippen LogP contribution in [0, 0.1) is 0 Å². The zero-order chi connectivity index (χ0) is 24.7. The lowest BCUT2D eigenvalue weighted by molar-refractivity contribution is -0.115. The van der Waals surface area contributed by atoms with E-state index in [-0.39, 0.29) is 30.4 Å². The third kappa shape index (κ3) is 6.00. The standard InChI is InChI=1S/C25H29N5O4/c1-3-4-13-30-23(26)22(24(33)28-25(30)34)29(15-18-9-6-5-7-10-18)16-21(32)27-20-12-8-11-19(14-20)17(2)31/h5-12,14H,3-4,13,15-16,26H2,1-2H3,(H,27,32)(H,28,33,34). The first-order chi connectivity index (χ1) is 16.3. The summed E-state index contributed by atoms with van der Waals surface area (Å²) in [5.74, 6) is -0.498. The van der Waals surface area contributed by atoms with Gasteiger partial charge in [-0.3, -0.25) is 23.9 Å². The number of carbonyl (C=O) groups is 2. The number of unbranched alkanes of at least 4 members (excludes halogenated alkanes) is 1. The molecule has 4 N–H and O–H groups in total. The van der Waals surface area contributed by atoms with Gasteiger partial charge in [0.15, 0.2) is 5.78 Å². The Kier molecular flexibility index (Phi) is 8.02. The summed E-state index contributed by atoms with van der Waals surface area (Å²) in [6, 6.07) is 15.9. The van der Waals surface area contributed by atoms with Gasteiger partial charge in [-0.2, -0.15) is 0 Å². The number of amides is 1. The Labute approximate surface area is 197 Å². The predicted molar refractivity (Wildman–Crippen MR) is 133 cm³/mol. The van der Waals surface area contributed by atoms with Crippen LogP contribution in [-0.4, -0.2) is 27.8 Å². The second-order valence-corrected chi connectivity index (χ2v) is 8.03. The molecule has 0 aliphatic carbocycles. The second-order valence-electron chi connectivity index (χ2n) is 8.03. The second kappa shape index (κ2) is 11.1. The molecule has 2 aromatic carbocycles. The Hall–Kier alpha value is -4.14. The molecule has 0 atom stereocenters. The van der Waals surface area contributed by atoms with Crippen molar-refractivity contribution in [1.82, 2.24) is 9.55 Å². The van der Waals surface area contributed by atoms with Crippen LogP contribution in [-0.2, 0) is 17.9 Å². The maximum Gasteiger partial charge on any atom is 0.330 e. The molecule has 0 saturated heterocycles. The maximum atomic E-state index is 13.0. The monoisotopic (exact) mass is 463 g/mol. The lowest BCUT2D eigenvalue weighted by atomic mass is 10.1. The van der Waals surface area contributed by atoms with E-state index in [4.69, 9.17) is 5.73 Å². The molecule has 9 nitrogen and oxygen atoms in total. The van der Waals surface area contributed by atoms with Crippen LogP contribution < -0.4 is 27.2 Å². The van der Waals surface area contributed by atoms with Gasteiger partial charge in [0.2, 0.25) is 5.91 Å². The molecule has 0 spiro atoms. The Balaban J connectivity index is 1.96. The van der Waals surface area contributed by atoms with E-state index < -0.39 is 17.2 Å². The summed E-state index contributed by atoms with van der Waals surface area (Å²) in [7, 11) is 0. The molecule has 0 radical (unpaired) electrons. The number of hydrogen-bond acceptors (Lipinski definition) is 6. The average molecular weight is 464 g/mol. The molecule has 0 saturated carbocycles. The zero-order valence-electron chi connectivity index (χ0n) is 19.3. The molecule has 1 amide bonds. The van der Waals surface area contributed by atoms with Gasteiger partial charge in [0.1, 0.15) is 11.5 Å². The topological polar surface area (TPSA) is 130 Å². The maximum absolute atomic E-state index is 13.0. The van der Waals surface area contributed by atoms with Crippen LogP contribution in [0.3, 0.4) is 0 Å². The fourth-order valence-electron chi connectivity index (χ4n) is 3.63. The van der Waals surface area contributed by atoms with Crippen LogP contribution >= 0.6 is 0 Å². The van der Waals surface area contributed by atoms with Crippen molar-refractivity contribution in [3.63, 3.8) is 0 Å². The molecule has 0 unspecified atom stereocenters. The molecule has 9 heteroatoms. The summed E-state index contributed by atoms with van der Waals surface area (Å²) in [6.45, 7) is 3.82. The van der Waals surface area contributed by atoms with E-state index in [0.717, 1.165) is 12.0 Å². The van der Waals surface area contributed by atoms with E-state index in [1.807, 2.05) is 37.3 Å². The molecular weight excluding hydrogens is 434 g/mol. The van der Waals surface area contributed by atoms with Crippen molar-refractivity contribution >= 4 is 28.9 Å². The van der Waals surface area contributed by atoms with E-state index in [2.05, 4.69) is 10.3 Å². The molecule has 1 heterocycles. The Bertz CT molecular complexity index is 1280. The molecule has 0 aliphatic heterocycles. The number of nitrogen functional groups attached to an aromatic ring is 1. The lowest BCUT2D eigenvalue weighted by Gasteiger charge is -2.26. The van der Waals surface area contributed by atoms with Crippen molar-refractivity contribution in [3.05, 3.63) is 86.6 Å². The van der Waals surface area contributed by atoms with Gasteiger partial charge in [-0.1, -0.05) is 55.8 Å². The number of benzene rings is 2. The first kappa shape index (κ1) is 24.5. The zero-order valence-corrected chi connectivity index (χ0v) is 19.3. The highest BCUT2D eigenvalue weighted by Crippen LogP contribution is 2.20. The van der Waals surface area contributed by atoms with Gasteiger partial charge in [-0.25, -0.2) is 4.79 Å². The van der Waals surface area contributed by atoms with Gasteiger partial charge >= 0.3 is 5.69 Å². The van der Waals surface area contributed by atoms with Gasteiger partial charge in [0, 0.05) is 24.3 Å². The van der Waals surface area contributed by atoms with Crippen LogP contribution in [0.5, 0.6) is 0 Å². The number of nitrogens with two attached hydrogens (primary N) is 1. The van der Waals surface area contributed by atoms with Crippen molar-refractivity contribution < 1.29 is 9.59 Å². The fourth-order valence-corrected chi connectivity index (χ4v) is 3.63. The van der Waals surface area contributed by atoms with E-state index in [1.54, 1.807) is 29.2 Å². The van der Waals surface area contributed by atoms with Gasteiger partial charge in [0.05, 0.1) is 6.54 Å². The highest BCUT2D eigenvalue weighted by molar-refractivity contribution is 5.98. The number of Topliss-reactive ketones (excluding diaryl/α,β-unsaturated/α-hetero) is 1. The minimum Gasteiger partial charge on any atom is -0.383 e. The van der Waals surface area contributed by atoms with Crippen molar-refractivity contribution in [1.29, 1.82) is 0 Å². The third-order valence-electron chi connectivity index (χ3n) is 5.37. The molecule has 0 aliphatic rings. The summed E-state index contributed by atoms with van der Waals surface area (Å²) >= 11 is 0. The van der Waals surface area contributed by atoms with Crippen LogP contribution in [0.1, 0.15) is 42.6 Å². The number of anilines is 3. The number of nitrogens with zero attached hydrogens (tertiary/aromatic N) is 2. The molecule has 0 fully saturated rings.